The van der Waals surface area contributed by atoms with Crippen LogP contribution in [0.2, 0.25) is 0 Å². The quantitative estimate of drug-likeness (QED) is 0.716. The highest BCUT2D eigenvalue weighted by molar-refractivity contribution is 6.00. The van der Waals surface area contributed by atoms with Crippen LogP contribution < -0.4 is 0 Å². The first kappa shape index (κ1) is 9.40. The van der Waals surface area contributed by atoms with Gasteiger partial charge < -0.3 is 4.42 Å². The first-order valence-electron chi connectivity index (χ1n) is 5.44. The molecule has 0 saturated carbocycles. The fraction of sp³-hybridized carbons (Fsp3) is 0.214. The molecule has 0 fully saturated rings. The van der Waals surface area contributed by atoms with E-state index in [1.165, 1.54) is 5.56 Å². The zero-order valence-corrected chi connectivity index (χ0v) is 9.07. The SMILES string of the molecule is Cc1ccc(C(=O)C2Cc3ccccc32)o1. The van der Waals surface area contributed by atoms with E-state index in [0.717, 1.165) is 17.7 Å². The van der Waals surface area contributed by atoms with Crippen LogP contribution >= 0.6 is 0 Å². The Balaban J connectivity index is 1.90. The Morgan fingerprint density at radius 2 is 2.06 bits per heavy atom. The van der Waals surface area contributed by atoms with Gasteiger partial charge in [0, 0.05) is 0 Å². The summed E-state index contributed by atoms with van der Waals surface area (Å²) in [7, 11) is 0. The van der Waals surface area contributed by atoms with Crippen molar-refractivity contribution in [2.75, 3.05) is 0 Å². The van der Waals surface area contributed by atoms with Crippen LogP contribution in [0.4, 0.5) is 0 Å². The molecule has 2 nitrogen and oxygen atoms in total. The van der Waals surface area contributed by atoms with Gasteiger partial charge in [-0.15, -0.1) is 0 Å². The Labute approximate surface area is 93.9 Å². The molecule has 1 aliphatic carbocycles. The third-order valence-corrected chi connectivity index (χ3v) is 3.15. The zero-order valence-electron chi connectivity index (χ0n) is 9.07. The van der Waals surface area contributed by atoms with E-state index in [1.54, 1.807) is 6.07 Å². The molecule has 3 rings (SSSR count). The Hall–Kier alpha value is -1.83. The third kappa shape index (κ3) is 1.30. The van der Waals surface area contributed by atoms with Crippen molar-refractivity contribution in [3.63, 3.8) is 0 Å². The number of fused-ring (bicyclic) bond motifs is 1. The summed E-state index contributed by atoms with van der Waals surface area (Å²) < 4.78 is 5.37. The number of hydrogen-bond acceptors (Lipinski definition) is 2. The monoisotopic (exact) mass is 212 g/mol. The number of benzene rings is 1. The second-order valence-corrected chi connectivity index (χ2v) is 4.23. The molecule has 1 aromatic carbocycles. The van der Waals surface area contributed by atoms with Crippen molar-refractivity contribution in [2.24, 2.45) is 0 Å². The molecule has 16 heavy (non-hydrogen) atoms. The highest BCUT2D eigenvalue weighted by Gasteiger charge is 2.33. The van der Waals surface area contributed by atoms with E-state index in [2.05, 4.69) is 6.07 Å². The number of rotatable bonds is 2. The number of aryl methyl sites for hydroxylation is 1. The largest absolute Gasteiger partial charge is 0.458 e. The average Bonchev–Trinajstić information content (AvgIpc) is 2.67. The van der Waals surface area contributed by atoms with Crippen molar-refractivity contribution < 1.29 is 9.21 Å². The van der Waals surface area contributed by atoms with E-state index >= 15 is 0 Å². The fourth-order valence-electron chi connectivity index (χ4n) is 2.23. The summed E-state index contributed by atoms with van der Waals surface area (Å²) in [6, 6.07) is 11.7. The van der Waals surface area contributed by atoms with Gasteiger partial charge in [0.1, 0.15) is 5.76 Å². The van der Waals surface area contributed by atoms with Gasteiger partial charge in [0.25, 0.3) is 0 Å². The summed E-state index contributed by atoms with van der Waals surface area (Å²) in [4.78, 5) is 12.1. The molecule has 1 atom stereocenters. The molecule has 1 aliphatic rings. The smallest absolute Gasteiger partial charge is 0.205 e. The predicted octanol–water partition coefficient (Wildman–Crippen LogP) is 3.11. The van der Waals surface area contributed by atoms with Gasteiger partial charge in [0.05, 0.1) is 5.92 Å². The molecule has 0 radical (unpaired) electrons. The molecule has 0 N–H and O–H groups in total. The van der Waals surface area contributed by atoms with Gasteiger partial charge in [-0.25, -0.2) is 0 Å². The fourth-order valence-corrected chi connectivity index (χ4v) is 2.23. The van der Waals surface area contributed by atoms with Crippen LogP contribution in [0.15, 0.2) is 40.8 Å². The first-order chi connectivity index (χ1) is 7.75. The van der Waals surface area contributed by atoms with Crippen molar-refractivity contribution in [1.82, 2.24) is 0 Å². The average molecular weight is 212 g/mol. The van der Waals surface area contributed by atoms with Crippen LogP contribution in [0.3, 0.4) is 0 Å². The molecule has 0 aliphatic heterocycles. The van der Waals surface area contributed by atoms with Crippen LogP contribution in [-0.4, -0.2) is 5.78 Å². The number of ketones is 1. The lowest BCUT2D eigenvalue weighted by atomic mass is 9.75. The van der Waals surface area contributed by atoms with Gasteiger partial charge in [-0.05, 0) is 36.6 Å². The van der Waals surface area contributed by atoms with Crippen LogP contribution in [0, 0.1) is 6.92 Å². The molecule has 2 aromatic rings. The Kier molecular flexibility index (Phi) is 1.96. The highest BCUT2D eigenvalue weighted by atomic mass is 16.3. The van der Waals surface area contributed by atoms with E-state index in [-0.39, 0.29) is 11.7 Å². The molecule has 1 unspecified atom stereocenters. The summed E-state index contributed by atoms with van der Waals surface area (Å²) >= 11 is 0. The van der Waals surface area contributed by atoms with Gasteiger partial charge in [-0.3, -0.25) is 4.79 Å². The molecule has 0 saturated heterocycles. The summed E-state index contributed by atoms with van der Waals surface area (Å²) in [6.45, 7) is 1.85. The van der Waals surface area contributed by atoms with E-state index in [4.69, 9.17) is 4.42 Å². The molecule has 0 spiro atoms. The Morgan fingerprint density at radius 3 is 2.75 bits per heavy atom. The number of hydrogen-bond donors (Lipinski definition) is 0. The van der Waals surface area contributed by atoms with Crippen LogP contribution in [0.25, 0.3) is 0 Å². The molecular formula is C14H12O2. The minimum absolute atomic E-state index is 0.00162. The van der Waals surface area contributed by atoms with E-state index < -0.39 is 0 Å². The van der Waals surface area contributed by atoms with Crippen molar-refractivity contribution in [1.29, 1.82) is 0 Å². The van der Waals surface area contributed by atoms with Crippen LogP contribution in [0.5, 0.6) is 0 Å². The molecule has 80 valence electrons. The Morgan fingerprint density at radius 1 is 1.25 bits per heavy atom. The molecule has 1 aromatic heterocycles. The van der Waals surface area contributed by atoms with Gasteiger partial charge >= 0.3 is 0 Å². The lowest BCUT2D eigenvalue weighted by Gasteiger charge is -2.27. The summed E-state index contributed by atoms with van der Waals surface area (Å²) in [5.74, 6) is 1.38. The topological polar surface area (TPSA) is 30.2 Å². The van der Waals surface area contributed by atoms with Crippen LogP contribution in [0.1, 0.15) is 33.4 Å². The van der Waals surface area contributed by atoms with Crippen molar-refractivity contribution in [2.45, 2.75) is 19.3 Å². The predicted molar refractivity (Wildman–Crippen MR) is 60.7 cm³/mol. The number of Topliss-reactive ketones (excluding diaryl/α,β-unsaturated/α-hetero) is 1. The molecular weight excluding hydrogens is 200 g/mol. The van der Waals surface area contributed by atoms with Crippen molar-refractivity contribution in [3.8, 4) is 0 Å². The highest BCUT2D eigenvalue weighted by Crippen LogP contribution is 2.37. The number of carbonyl (C=O) groups excluding carboxylic acids is 1. The summed E-state index contributed by atoms with van der Waals surface area (Å²) in [5, 5.41) is 0. The number of carbonyl (C=O) groups is 1. The minimum Gasteiger partial charge on any atom is -0.458 e. The third-order valence-electron chi connectivity index (χ3n) is 3.15. The Bertz CT molecular complexity index is 551. The lowest BCUT2D eigenvalue weighted by Crippen LogP contribution is -2.24. The summed E-state index contributed by atoms with van der Waals surface area (Å²) in [5.41, 5.74) is 2.44. The molecule has 0 bridgehead atoms. The van der Waals surface area contributed by atoms with E-state index in [0.29, 0.717) is 5.76 Å². The zero-order chi connectivity index (χ0) is 11.1. The van der Waals surface area contributed by atoms with Crippen molar-refractivity contribution in [3.05, 3.63) is 59.0 Å². The van der Waals surface area contributed by atoms with E-state index in [1.807, 2.05) is 31.2 Å². The van der Waals surface area contributed by atoms with Gasteiger partial charge in [-0.1, -0.05) is 24.3 Å². The normalized spacial score (nSPS) is 17.7. The van der Waals surface area contributed by atoms with Gasteiger partial charge in [-0.2, -0.15) is 0 Å². The first-order valence-corrected chi connectivity index (χ1v) is 5.44. The molecule has 1 heterocycles. The minimum atomic E-state index is 0.00162. The second-order valence-electron chi connectivity index (χ2n) is 4.23. The second kappa shape index (κ2) is 3.34. The maximum atomic E-state index is 12.1. The van der Waals surface area contributed by atoms with Crippen LogP contribution in [-0.2, 0) is 6.42 Å². The molecule has 2 heteroatoms. The lowest BCUT2D eigenvalue weighted by molar-refractivity contribution is 0.0920. The standard InChI is InChI=1S/C14H12O2/c1-9-6-7-13(16-9)14(15)12-8-10-4-2-3-5-11(10)12/h2-7,12H,8H2,1H3. The number of furan rings is 1. The van der Waals surface area contributed by atoms with Gasteiger partial charge in [0.15, 0.2) is 5.76 Å². The maximum absolute atomic E-state index is 12.1. The van der Waals surface area contributed by atoms with E-state index in [9.17, 15) is 4.79 Å². The van der Waals surface area contributed by atoms with Gasteiger partial charge in [0.2, 0.25) is 5.78 Å². The summed E-state index contributed by atoms with van der Waals surface area (Å²) in [6.07, 6.45) is 0.842. The van der Waals surface area contributed by atoms with Crippen molar-refractivity contribution >= 4 is 5.78 Å². The maximum Gasteiger partial charge on any atom is 0.205 e. The molecule has 0 amide bonds.